The van der Waals surface area contributed by atoms with Gasteiger partial charge in [0.25, 0.3) is 5.91 Å². The second-order valence-electron chi connectivity index (χ2n) is 4.58. The molecule has 2 aromatic carbocycles. The van der Waals surface area contributed by atoms with Gasteiger partial charge in [0.15, 0.2) is 0 Å². The quantitative estimate of drug-likeness (QED) is 0.824. The number of benzene rings is 2. The van der Waals surface area contributed by atoms with E-state index in [1.807, 2.05) is 13.8 Å². The summed E-state index contributed by atoms with van der Waals surface area (Å²) in [7, 11) is 0. The van der Waals surface area contributed by atoms with Gasteiger partial charge in [-0.15, -0.1) is 0 Å². The van der Waals surface area contributed by atoms with Gasteiger partial charge in [0.05, 0.1) is 22.0 Å². The van der Waals surface area contributed by atoms with Crippen LogP contribution in [0.5, 0.6) is 0 Å². The SMILES string of the molecule is Cc1cc(N)c(NC(=O)c2cccc(F)c2Cl)cc1C. The van der Waals surface area contributed by atoms with Crippen LogP contribution in [0, 0.1) is 19.7 Å². The Hall–Kier alpha value is -2.07. The number of nitrogens with two attached hydrogens (primary N) is 1. The van der Waals surface area contributed by atoms with Crippen molar-refractivity contribution in [2.24, 2.45) is 0 Å². The number of nitrogens with one attached hydrogen (secondary N) is 1. The molecule has 0 fully saturated rings. The number of aryl methyl sites for hydroxylation is 2. The molecule has 104 valence electrons. The number of hydrogen-bond donors (Lipinski definition) is 2. The Bertz CT molecular complexity index is 686. The standard InChI is InChI=1S/C15H14ClFN2O/c1-8-6-12(18)13(7-9(8)2)19-15(20)10-4-3-5-11(17)14(10)16/h3-7H,18H2,1-2H3,(H,19,20). The molecule has 2 aromatic rings. The summed E-state index contributed by atoms with van der Waals surface area (Å²) in [5.41, 5.74) is 8.91. The predicted octanol–water partition coefficient (Wildman–Crippen LogP) is 3.93. The Morgan fingerprint density at radius 3 is 2.60 bits per heavy atom. The van der Waals surface area contributed by atoms with Crippen LogP contribution in [0.1, 0.15) is 21.5 Å². The summed E-state index contributed by atoms with van der Waals surface area (Å²) in [6.45, 7) is 3.85. The number of carbonyl (C=O) groups excluding carboxylic acids is 1. The molecule has 0 aromatic heterocycles. The van der Waals surface area contributed by atoms with Crippen LogP contribution in [0.2, 0.25) is 5.02 Å². The van der Waals surface area contributed by atoms with Gasteiger partial charge in [-0.05, 0) is 49.2 Å². The average molecular weight is 293 g/mol. The number of amides is 1. The van der Waals surface area contributed by atoms with Gasteiger partial charge in [-0.25, -0.2) is 4.39 Å². The summed E-state index contributed by atoms with van der Waals surface area (Å²) in [6, 6.07) is 7.63. The monoisotopic (exact) mass is 292 g/mol. The maximum absolute atomic E-state index is 13.3. The third-order valence-electron chi connectivity index (χ3n) is 3.11. The van der Waals surface area contributed by atoms with Crippen LogP contribution in [0.3, 0.4) is 0 Å². The molecular formula is C15H14ClFN2O. The van der Waals surface area contributed by atoms with Crippen molar-refractivity contribution in [2.45, 2.75) is 13.8 Å². The second kappa shape index (κ2) is 5.51. The second-order valence-corrected chi connectivity index (χ2v) is 4.96. The Balaban J connectivity index is 2.33. The fraction of sp³-hybridized carbons (Fsp3) is 0.133. The largest absolute Gasteiger partial charge is 0.397 e. The van der Waals surface area contributed by atoms with Crippen LogP contribution in [-0.4, -0.2) is 5.91 Å². The van der Waals surface area contributed by atoms with E-state index in [2.05, 4.69) is 5.32 Å². The highest BCUT2D eigenvalue weighted by atomic mass is 35.5. The molecule has 0 saturated carbocycles. The zero-order valence-corrected chi connectivity index (χ0v) is 11.9. The molecule has 0 spiro atoms. The first-order chi connectivity index (χ1) is 9.40. The molecule has 0 saturated heterocycles. The van der Waals surface area contributed by atoms with E-state index >= 15 is 0 Å². The van der Waals surface area contributed by atoms with Crippen molar-refractivity contribution < 1.29 is 9.18 Å². The topological polar surface area (TPSA) is 55.1 Å². The van der Waals surface area contributed by atoms with E-state index < -0.39 is 11.7 Å². The zero-order chi connectivity index (χ0) is 14.9. The summed E-state index contributed by atoms with van der Waals surface area (Å²) in [4.78, 5) is 12.1. The fourth-order valence-electron chi connectivity index (χ4n) is 1.82. The number of halogens is 2. The molecule has 3 nitrogen and oxygen atoms in total. The van der Waals surface area contributed by atoms with E-state index in [0.717, 1.165) is 11.1 Å². The van der Waals surface area contributed by atoms with Crippen LogP contribution >= 0.6 is 11.6 Å². The highest BCUT2D eigenvalue weighted by Gasteiger charge is 2.15. The first-order valence-electron chi connectivity index (χ1n) is 6.02. The van der Waals surface area contributed by atoms with Crippen molar-refractivity contribution in [3.63, 3.8) is 0 Å². The smallest absolute Gasteiger partial charge is 0.257 e. The molecule has 0 aliphatic carbocycles. The first kappa shape index (κ1) is 14.3. The van der Waals surface area contributed by atoms with Crippen LogP contribution in [-0.2, 0) is 0 Å². The van der Waals surface area contributed by atoms with Crippen LogP contribution in [0.4, 0.5) is 15.8 Å². The minimum absolute atomic E-state index is 0.0734. The van der Waals surface area contributed by atoms with E-state index in [4.69, 9.17) is 17.3 Å². The predicted molar refractivity (Wildman–Crippen MR) is 79.7 cm³/mol. The summed E-state index contributed by atoms with van der Waals surface area (Å²) in [5.74, 6) is -1.13. The lowest BCUT2D eigenvalue weighted by Gasteiger charge is -2.12. The van der Waals surface area contributed by atoms with Crippen molar-refractivity contribution in [1.29, 1.82) is 0 Å². The van der Waals surface area contributed by atoms with Crippen LogP contribution in [0.25, 0.3) is 0 Å². The minimum atomic E-state index is -0.632. The highest BCUT2D eigenvalue weighted by molar-refractivity contribution is 6.34. The molecule has 5 heteroatoms. The number of hydrogen-bond acceptors (Lipinski definition) is 2. The molecule has 0 atom stereocenters. The lowest BCUT2D eigenvalue weighted by molar-refractivity contribution is 0.102. The third kappa shape index (κ3) is 2.75. The van der Waals surface area contributed by atoms with Crippen LogP contribution < -0.4 is 11.1 Å². The van der Waals surface area contributed by atoms with Crippen molar-refractivity contribution in [3.8, 4) is 0 Å². The number of rotatable bonds is 2. The number of anilines is 2. The highest BCUT2D eigenvalue weighted by Crippen LogP contribution is 2.25. The van der Waals surface area contributed by atoms with E-state index in [0.29, 0.717) is 11.4 Å². The molecule has 0 unspecified atom stereocenters. The molecular weight excluding hydrogens is 279 g/mol. The average Bonchev–Trinajstić information content (AvgIpc) is 2.39. The molecule has 1 amide bonds. The van der Waals surface area contributed by atoms with Gasteiger partial charge in [-0.1, -0.05) is 17.7 Å². The molecule has 0 aliphatic rings. The van der Waals surface area contributed by atoms with Gasteiger partial charge in [0.2, 0.25) is 0 Å². The normalized spacial score (nSPS) is 10.4. The molecule has 20 heavy (non-hydrogen) atoms. The summed E-state index contributed by atoms with van der Waals surface area (Å²) >= 11 is 5.78. The molecule has 2 rings (SSSR count). The van der Waals surface area contributed by atoms with Gasteiger partial charge in [-0.3, -0.25) is 4.79 Å². The Morgan fingerprint density at radius 1 is 1.25 bits per heavy atom. The van der Waals surface area contributed by atoms with Gasteiger partial charge in [0.1, 0.15) is 5.82 Å². The summed E-state index contributed by atoms with van der Waals surface area (Å²) in [5, 5.41) is 2.45. The van der Waals surface area contributed by atoms with E-state index in [-0.39, 0.29) is 10.6 Å². The maximum Gasteiger partial charge on any atom is 0.257 e. The summed E-state index contributed by atoms with van der Waals surface area (Å²) < 4.78 is 13.3. The maximum atomic E-state index is 13.3. The first-order valence-corrected chi connectivity index (χ1v) is 6.40. The Labute approximate surface area is 121 Å². The molecule has 0 heterocycles. The zero-order valence-electron chi connectivity index (χ0n) is 11.1. The van der Waals surface area contributed by atoms with Crippen molar-refractivity contribution in [1.82, 2.24) is 0 Å². The Morgan fingerprint density at radius 2 is 1.90 bits per heavy atom. The van der Waals surface area contributed by atoms with Crippen molar-refractivity contribution in [3.05, 3.63) is 57.9 Å². The molecule has 0 aliphatic heterocycles. The van der Waals surface area contributed by atoms with Crippen LogP contribution in [0.15, 0.2) is 30.3 Å². The lowest BCUT2D eigenvalue weighted by atomic mass is 10.1. The lowest BCUT2D eigenvalue weighted by Crippen LogP contribution is -2.14. The summed E-state index contributed by atoms with van der Waals surface area (Å²) in [6.07, 6.45) is 0. The number of carbonyl (C=O) groups is 1. The molecule has 0 bridgehead atoms. The van der Waals surface area contributed by atoms with E-state index in [9.17, 15) is 9.18 Å². The Kier molecular flexibility index (Phi) is 3.95. The van der Waals surface area contributed by atoms with Crippen molar-refractivity contribution >= 4 is 28.9 Å². The van der Waals surface area contributed by atoms with Gasteiger partial charge in [0, 0.05) is 0 Å². The van der Waals surface area contributed by atoms with Gasteiger partial charge in [-0.2, -0.15) is 0 Å². The van der Waals surface area contributed by atoms with Gasteiger partial charge >= 0.3 is 0 Å². The number of nitrogen functional groups attached to an aromatic ring is 1. The molecule has 0 radical (unpaired) electrons. The van der Waals surface area contributed by atoms with Gasteiger partial charge < -0.3 is 11.1 Å². The van der Waals surface area contributed by atoms with E-state index in [1.165, 1.54) is 18.2 Å². The van der Waals surface area contributed by atoms with E-state index in [1.54, 1.807) is 12.1 Å². The fourth-order valence-corrected chi connectivity index (χ4v) is 2.03. The molecule has 3 N–H and O–H groups in total. The van der Waals surface area contributed by atoms with Crippen molar-refractivity contribution in [2.75, 3.05) is 11.1 Å². The third-order valence-corrected chi connectivity index (χ3v) is 3.49. The minimum Gasteiger partial charge on any atom is -0.397 e.